The fraction of sp³-hybridized carbons (Fsp3) is 0.246. The van der Waals surface area contributed by atoms with E-state index in [1.165, 1.54) is 87.3 Å². The van der Waals surface area contributed by atoms with Gasteiger partial charge in [0.15, 0.2) is 5.60 Å². The van der Waals surface area contributed by atoms with E-state index in [9.17, 15) is 26.7 Å². The second-order valence-corrected chi connectivity index (χ2v) is 21.7. The van der Waals surface area contributed by atoms with Crippen LogP contribution in [0, 0.1) is 17.6 Å². The predicted octanol–water partition coefficient (Wildman–Crippen LogP) is 19.0. The zero-order chi connectivity index (χ0) is 51.5. The molecule has 0 saturated heterocycles. The molecule has 0 unspecified atom stereocenters. The van der Waals surface area contributed by atoms with E-state index in [-0.39, 0.29) is 17.0 Å². The van der Waals surface area contributed by atoms with Crippen molar-refractivity contribution in [2.24, 2.45) is 5.92 Å². The average molecular weight is 1060 g/mol. The Kier molecular flexibility index (Phi) is 13.0. The Morgan fingerprint density at radius 2 is 1.27 bits per heavy atom. The van der Waals surface area contributed by atoms with Crippen molar-refractivity contribution in [3.8, 4) is 39.1 Å². The summed E-state index contributed by atoms with van der Waals surface area (Å²) in [7, 11) is 0. The van der Waals surface area contributed by atoms with Gasteiger partial charge in [0.25, 0.3) is 5.91 Å². The van der Waals surface area contributed by atoms with Crippen molar-refractivity contribution in [3.05, 3.63) is 218 Å². The molecule has 9 heteroatoms. The van der Waals surface area contributed by atoms with Crippen molar-refractivity contribution >= 4 is 44.4 Å². The van der Waals surface area contributed by atoms with Crippen LogP contribution in [0.4, 0.5) is 27.6 Å². The molecule has 0 atom stereocenters. The van der Waals surface area contributed by atoms with Crippen LogP contribution in [0.5, 0.6) is 5.75 Å². The van der Waals surface area contributed by atoms with Crippen LogP contribution in [0.25, 0.3) is 50.2 Å². The number of nitrogens with one attached hydrogen (secondary N) is 1. The number of alkyl halides is 3. The minimum Gasteiger partial charge on any atom is -0.472 e. The summed E-state index contributed by atoms with van der Waals surface area (Å²) in [4.78, 5) is 13.6. The van der Waals surface area contributed by atoms with Crippen LogP contribution in [0.2, 0.25) is 0 Å². The van der Waals surface area contributed by atoms with Crippen molar-refractivity contribution < 1.29 is 31.5 Å². The molecule has 8 aromatic carbocycles. The van der Waals surface area contributed by atoms with Crippen LogP contribution in [-0.4, -0.2) is 5.91 Å². The molecule has 0 radical (unpaired) electrons. The molecule has 0 aromatic heterocycles. The second kappa shape index (κ2) is 19.5. The SMILES string of the molecule is CCCCCC1CCC(c2ccc(-c3ccc(C(=O)Nc4ccc(-c5cc(Br)c6c(c5)-c5c(c7c(c8cc(C(F)(F)F)ccc58)OC(c5ccc(F)cc5)(c5ccc(F)cc5)C=C7)C6(C)C)cc4)cc3)cc2)CC1. The molecule has 74 heavy (non-hydrogen) atoms. The van der Waals surface area contributed by atoms with Crippen LogP contribution >= 0.6 is 15.9 Å². The average Bonchev–Trinajstić information content (AvgIpc) is 3.69. The van der Waals surface area contributed by atoms with Gasteiger partial charge in [0.2, 0.25) is 0 Å². The Morgan fingerprint density at radius 1 is 0.676 bits per heavy atom. The number of hydrogen-bond acceptors (Lipinski definition) is 2. The third kappa shape index (κ3) is 9.05. The lowest BCUT2D eigenvalue weighted by molar-refractivity contribution is -0.137. The van der Waals surface area contributed by atoms with E-state index in [1.807, 2.05) is 66.7 Å². The van der Waals surface area contributed by atoms with Gasteiger partial charge in [0.1, 0.15) is 17.4 Å². The summed E-state index contributed by atoms with van der Waals surface area (Å²) < 4.78 is 80.5. The minimum absolute atomic E-state index is 0.224. The molecule has 0 spiro atoms. The smallest absolute Gasteiger partial charge is 0.416 e. The maximum atomic E-state index is 14.6. The van der Waals surface area contributed by atoms with Gasteiger partial charge in [-0.25, -0.2) is 8.78 Å². The lowest BCUT2D eigenvalue weighted by atomic mass is 9.76. The molecule has 3 aliphatic rings. The third-order valence-electron chi connectivity index (χ3n) is 15.9. The lowest BCUT2D eigenvalue weighted by Crippen LogP contribution is -2.35. The van der Waals surface area contributed by atoms with Crippen molar-refractivity contribution in [2.45, 2.75) is 95.2 Å². The van der Waals surface area contributed by atoms with Crippen LogP contribution in [-0.2, 0) is 17.2 Å². The number of rotatable bonds is 11. The Morgan fingerprint density at radius 3 is 1.88 bits per heavy atom. The summed E-state index contributed by atoms with van der Waals surface area (Å²) >= 11 is 3.92. The largest absolute Gasteiger partial charge is 0.472 e. The highest BCUT2D eigenvalue weighted by Gasteiger charge is 2.46. The molecule has 1 heterocycles. The summed E-state index contributed by atoms with van der Waals surface area (Å²) in [6, 6.07) is 43.6. The number of unbranched alkanes of at least 4 members (excludes halogenated alkanes) is 2. The van der Waals surface area contributed by atoms with Gasteiger partial charge >= 0.3 is 6.18 Å². The topological polar surface area (TPSA) is 38.3 Å². The number of anilines is 1. The highest BCUT2D eigenvalue weighted by Crippen LogP contribution is 2.60. The van der Waals surface area contributed by atoms with Gasteiger partial charge < -0.3 is 10.1 Å². The van der Waals surface area contributed by atoms with Crippen LogP contribution in [0.3, 0.4) is 0 Å². The fourth-order valence-electron chi connectivity index (χ4n) is 12.0. The molecule has 11 rings (SSSR count). The van der Waals surface area contributed by atoms with Gasteiger partial charge in [-0.2, -0.15) is 13.2 Å². The highest BCUT2D eigenvalue weighted by atomic mass is 79.9. The van der Waals surface area contributed by atoms with Crippen molar-refractivity contribution in [3.63, 3.8) is 0 Å². The molecule has 8 aromatic rings. The van der Waals surface area contributed by atoms with Gasteiger partial charge in [0.05, 0.1) is 5.56 Å². The quantitative estimate of drug-likeness (QED) is 0.104. The van der Waals surface area contributed by atoms with Gasteiger partial charge in [-0.05, 0) is 172 Å². The Labute approximate surface area is 437 Å². The fourth-order valence-corrected chi connectivity index (χ4v) is 13.0. The number of amides is 1. The normalized spacial score (nSPS) is 17.3. The Balaban J connectivity index is 0.871. The lowest BCUT2D eigenvalue weighted by Gasteiger charge is -2.38. The van der Waals surface area contributed by atoms with Crippen LogP contribution in [0.1, 0.15) is 127 Å². The number of hydrogen-bond donors (Lipinski definition) is 1. The number of fused-ring (bicyclic) bond motifs is 8. The van der Waals surface area contributed by atoms with Crippen LogP contribution < -0.4 is 10.1 Å². The van der Waals surface area contributed by atoms with Gasteiger partial charge in [-0.3, -0.25) is 4.79 Å². The molecule has 1 fully saturated rings. The summed E-state index contributed by atoms with van der Waals surface area (Å²) in [6.07, 6.45) is 9.60. The monoisotopic (exact) mass is 1060 g/mol. The zero-order valence-corrected chi connectivity index (χ0v) is 43.1. The first-order valence-electron chi connectivity index (χ1n) is 25.7. The van der Waals surface area contributed by atoms with E-state index >= 15 is 0 Å². The molecule has 374 valence electrons. The summed E-state index contributed by atoms with van der Waals surface area (Å²) in [5, 5.41) is 3.86. The van der Waals surface area contributed by atoms with Crippen molar-refractivity contribution in [2.75, 3.05) is 5.32 Å². The standard InChI is InChI=1S/C65H55BrF5NO2/c1-4-5-6-7-39-8-10-40(11-9-39)41-12-14-42(15-13-41)43-16-18-45(19-17-43)62(73)72-52-31-20-44(21-32-52)46-36-56-58-53-33-26-49(65(69,70)71)38-55(53)61-54(60(58)63(2,3)59(56)57(66)37-46)34-35-64(74-61,47-22-27-50(67)28-23-47)48-24-29-51(68)30-25-48/h12-40H,4-11H2,1-3H3,(H,72,73). The van der Waals surface area contributed by atoms with E-state index in [0.29, 0.717) is 39.2 Å². The molecule has 0 bridgehead atoms. The molecule has 1 N–H and O–H groups in total. The number of carbonyl (C=O) groups excluding carboxylic acids is 1. The predicted molar refractivity (Wildman–Crippen MR) is 292 cm³/mol. The Bertz CT molecular complexity index is 3400. The highest BCUT2D eigenvalue weighted by molar-refractivity contribution is 9.10. The van der Waals surface area contributed by atoms with E-state index in [1.54, 1.807) is 24.3 Å². The van der Waals surface area contributed by atoms with Gasteiger partial charge in [0, 0.05) is 43.2 Å². The number of ether oxygens (including phenoxy) is 1. The third-order valence-corrected chi connectivity index (χ3v) is 16.6. The molecule has 2 aliphatic carbocycles. The van der Waals surface area contributed by atoms with Gasteiger partial charge in [-0.15, -0.1) is 0 Å². The number of halogens is 6. The first-order valence-corrected chi connectivity index (χ1v) is 26.5. The molecule has 1 amide bonds. The Hall–Kier alpha value is -6.84. The van der Waals surface area contributed by atoms with E-state index in [0.717, 1.165) is 67.0 Å². The van der Waals surface area contributed by atoms with Crippen LogP contribution in [0.15, 0.2) is 162 Å². The molecule has 3 nitrogen and oxygen atoms in total. The number of benzene rings is 8. The molecular weight excluding hydrogens is 1000 g/mol. The van der Waals surface area contributed by atoms with E-state index in [4.69, 9.17) is 4.74 Å². The van der Waals surface area contributed by atoms with Gasteiger partial charge in [-0.1, -0.05) is 147 Å². The van der Waals surface area contributed by atoms with E-state index < -0.39 is 34.4 Å². The first kappa shape index (κ1) is 49.4. The minimum atomic E-state index is -4.65. The maximum absolute atomic E-state index is 14.6. The van der Waals surface area contributed by atoms with E-state index in [2.05, 4.69) is 72.3 Å². The summed E-state index contributed by atoms with van der Waals surface area (Å²) in [5.74, 6) is 0.584. The second-order valence-electron chi connectivity index (χ2n) is 20.9. The molecule has 1 saturated carbocycles. The van der Waals surface area contributed by atoms with Crippen molar-refractivity contribution in [1.82, 2.24) is 0 Å². The molecule has 1 aliphatic heterocycles. The molecular formula is C65H55BrF5NO2. The summed E-state index contributed by atoms with van der Waals surface area (Å²) in [6.45, 7) is 6.46. The first-order chi connectivity index (χ1) is 35.6. The summed E-state index contributed by atoms with van der Waals surface area (Å²) in [5.41, 5.74) is 8.68. The van der Waals surface area contributed by atoms with Crippen molar-refractivity contribution in [1.29, 1.82) is 0 Å². The number of carbonyl (C=O) groups is 1. The zero-order valence-electron chi connectivity index (χ0n) is 41.5. The maximum Gasteiger partial charge on any atom is 0.416 e.